The molecule has 0 aliphatic heterocycles. The third kappa shape index (κ3) is 7.46. The molecule has 0 aliphatic rings. The number of hydrogen-bond donors (Lipinski definition) is 3. The summed E-state index contributed by atoms with van der Waals surface area (Å²) in [5.41, 5.74) is 1.61. The molecule has 8 heteroatoms. The zero-order valence-corrected chi connectivity index (χ0v) is 18.0. The summed E-state index contributed by atoms with van der Waals surface area (Å²) in [4.78, 5) is 24.6. The summed E-state index contributed by atoms with van der Waals surface area (Å²) in [6.07, 6.45) is 1.60. The summed E-state index contributed by atoms with van der Waals surface area (Å²) in [7, 11) is 1.62. The van der Waals surface area contributed by atoms with Crippen LogP contribution < -0.4 is 20.7 Å². The first-order valence-electron chi connectivity index (χ1n) is 9.76. The third-order valence-corrected chi connectivity index (χ3v) is 4.24. The number of amides is 2. The maximum Gasteiger partial charge on any atom is 0.261 e. The molecule has 0 heterocycles. The van der Waals surface area contributed by atoms with Gasteiger partial charge in [-0.25, -0.2) is 0 Å². The van der Waals surface area contributed by atoms with Crippen molar-refractivity contribution in [3.8, 4) is 5.75 Å². The molecule has 2 aromatic rings. The number of rotatable bonds is 10. The van der Waals surface area contributed by atoms with Gasteiger partial charge in [-0.3, -0.25) is 14.9 Å². The molecular weight excluding hydrogens is 402 g/mol. The number of ether oxygens (including phenoxy) is 2. The first-order chi connectivity index (χ1) is 14.5. The second kappa shape index (κ2) is 12.6. The maximum atomic E-state index is 12.5. The monoisotopic (exact) mass is 429 g/mol. The van der Waals surface area contributed by atoms with Crippen LogP contribution >= 0.6 is 12.2 Å². The SMILES string of the molecule is CCCOc1ccccc1C(=O)NC(=S)Nc1ccc(C(=O)NCCCOC)cc1. The molecule has 2 amide bonds. The Hall–Kier alpha value is -2.97. The van der Waals surface area contributed by atoms with Crippen molar-refractivity contribution in [2.75, 3.05) is 32.2 Å². The summed E-state index contributed by atoms with van der Waals surface area (Å²) in [5, 5.41) is 8.57. The van der Waals surface area contributed by atoms with Crippen molar-refractivity contribution in [2.24, 2.45) is 0 Å². The van der Waals surface area contributed by atoms with E-state index in [1.165, 1.54) is 0 Å². The molecule has 0 aromatic heterocycles. The summed E-state index contributed by atoms with van der Waals surface area (Å²) in [6, 6.07) is 13.8. The van der Waals surface area contributed by atoms with Gasteiger partial charge in [0.2, 0.25) is 0 Å². The van der Waals surface area contributed by atoms with Crippen molar-refractivity contribution >= 4 is 34.8 Å². The first-order valence-corrected chi connectivity index (χ1v) is 10.2. The Bertz CT molecular complexity index is 856. The Morgan fingerprint density at radius 3 is 2.43 bits per heavy atom. The lowest BCUT2D eigenvalue weighted by Gasteiger charge is -2.13. The van der Waals surface area contributed by atoms with E-state index in [0.29, 0.717) is 42.3 Å². The van der Waals surface area contributed by atoms with Gasteiger partial charge in [0.1, 0.15) is 5.75 Å². The Morgan fingerprint density at radius 2 is 1.73 bits per heavy atom. The Kier molecular flexibility index (Phi) is 9.76. The highest BCUT2D eigenvalue weighted by Gasteiger charge is 2.13. The van der Waals surface area contributed by atoms with Gasteiger partial charge in [0.05, 0.1) is 12.2 Å². The second-order valence-corrected chi connectivity index (χ2v) is 6.84. The van der Waals surface area contributed by atoms with E-state index in [2.05, 4.69) is 16.0 Å². The zero-order chi connectivity index (χ0) is 21.8. The molecule has 0 fully saturated rings. The van der Waals surface area contributed by atoms with Crippen LogP contribution in [0.1, 0.15) is 40.5 Å². The number of carbonyl (C=O) groups is 2. The van der Waals surface area contributed by atoms with Gasteiger partial charge in [-0.05, 0) is 61.5 Å². The van der Waals surface area contributed by atoms with Crippen molar-refractivity contribution in [3.63, 3.8) is 0 Å². The number of nitrogens with one attached hydrogen (secondary N) is 3. The lowest BCUT2D eigenvalue weighted by molar-refractivity contribution is 0.0946. The summed E-state index contributed by atoms with van der Waals surface area (Å²) >= 11 is 5.23. The van der Waals surface area contributed by atoms with Gasteiger partial charge in [-0.2, -0.15) is 0 Å². The fourth-order valence-electron chi connectivity index (χ4n) is 2.55. The molecule has 0 unspecified atom stereocenters. The molecule has 7 nitrogen and oxygen atoms in total. The van der Waals surface area contributed by atoms with Crippen molar-refractivity contribution in [2.45, 2.75) is 19.8 Å². The van der Waals surface area contributed by atoms with Crippen molar-refractivity contribution < 1.29 is 19.1 Å². The number of anilines is 1. The summed E-state index contributed by atoms with van der Waals surface area (Å²) in [6.45, 7) is 3.67. The molecule has 0 bridgehead atoms. The van der Waals surface area contributed by atoms with Crippen molar-refractivity contribution in [1.29, 1.82) is 0 Å². The average Bonchev–Trinajstić information content (AvgIpc) is 2.75. The van der Waals surface area contributed by atoms with Crippen LogP contribution in [0.15, 0.2) is 48.5 Å². The van der Waals surface area contributed by atoms with E-state index in [1.807, 2.05) is 13.0 Å². The molecule has 2 aromatic carbocycles. The largest absolute Gasteiger partial charge is 0.493 e. The number of carbonyl (C=O) groups excluding carboxylic acids is 2. The lowest BCUT2D eigenvalue weighted by Crippen LogP contribution is -2.34. The second-order valence-electron chi connectivity index (χ2n) is 6.43. The fraction of sp³-hybridized carbons (Fsp3) is 0.318. The van der Waals surface area contributed by atoms with Crippen LogP contribution in [0.25, 0.3) is 0 Å². The van der Waals surface area contributed by atoms with Gasteiger partial charge >= 0.3 is 0 Å². The van der Waals surface area contributed by atoms with Crippen LogP contribution in [0.3, 0.4) is 0 Å². The van der Waals surface area contributed by atoms with Gasteiger partial charge < -0.3 is 20.1 Å². The van der Waals surface area contributed by atoms with Gasteiger partial charge in [0.15, 0.2) is 5.11 Å². The highest BCUT2D eigenvalue weighted by molar-refractivity contribution is 7.80. The minimum atomic E-state index is -0.355. The molecule has 2 rings (SSSR count). The van der Waals surface area contributed by atoms with Gasteiger partial charge in [0.25, 0.3) is 11.8 Å². The molecule has 3 N–H and O–H groups in total. The molecule has 160 valence electrons. The summed E-state index contributed by atoms with van der Waals surface area (Å²) < 4.78 is 10.6. The maximum absolute atomic E-state index is 12.5. The van der Waals surface area contributed by atoms with E-state index < -0.39 is 0 Å². The quantitative estimate of drug-likeness (QED) is 0.396. The van der Waals surface area contributed by atoms with Gasteiger partial charge in [-0.15, -0.1) is 0 Å². The van der Waals surface area contributed by atoms with Crippen LogP contribution in [0.2, 0.25) is 0 Å². The normalized spacial score (nSPS) is 10.2. The van der Waals surface area contributed by atoms with E-state index >= 15 is 0 Å². The predicted octanol–water partition coefficient (Wildman–Crippen LogP) is 3.37. The van der Waals surface area contributed by atoms with Crippen LogP contribution in [0, 0.1) is 0 Å². The number of para-hydroxylation sites is 1. The number of benzene rings is 2. The summed E-state index contributed by atoms with van der Waals surface area (Å²) in [5.74, 6) is 0.00370. The standard InChI is InChI=1S/C22H27N3O4S/c1-3-14-29-19-8-5-4-7-18(19)21(27)25-22(30)24-17-11-9-16(10-12-17)20(26)23-13-6-15-28-2/h4-5,7-12H,3,6,13-15H2,1-2H3,(H,23,26)(H2,24,25,27,30). The van der Waals surface area contributed by atoms with E-state index in [9.17, 15) is 9.59 Å². The van der Waals surface area contributed by atoms with Crippen molar-refractivity contribution in [1.82, 2.24) is 10.6 Å². The van der Waals surface area contributed by atoms with E-state index in [1.54, 1.807) is 49.6 Å². The van der Waals surface area contributed by atoms with E-state index in [4.69, 9.17) is 21.7 Å². The lowest BCUT2D eigenvalue weighted by atomic mass is 10.2. The Balaban J connectivity index is 1.89. The Morgan fingerprint density at radius 1 is 1.00 bits per heavy atom. The minimum Gasteiger partial charge on any atom is -0.493 e. The molecule has 0 saturated carbocycles. The van der Waals surface area contributed by atoms with Crippen LogP contribution in [0.5, 0.6) is 5.75 Å². The molecule has 0 aliphatic carbocycles. The third-order valence-electron chi connectivity index (χ3n) is 4.04. The average molecular weight is 430 g/mol. The highest BCUT2D eigenvalue weighted by Crippen LogP contribution is 2.18. The minimum absolute atomic E-state index is 0.155. The number of hydrogen-bond acceptors (Lipinski definition) is 5. The Labute approximate surface area is 182 Å². The van der Waals surface area contributed by atoms with Crippen LogP contribution in [-0.2, 0) is 4.74 Å². The van der Waals surface area contributed by atoms with Crippen LogP contribution in [0.4, 0.5) is 5.69 Å². The first kappa shape index (κ1) is 23.3. The predicted molar refractivity (Wildman–Crippen MR) is 121 cm³/mol. The van der Waals surface area contributed by atoms with Crippen molar-refractivity contribution in [3.05, 3.63) is 59.7 Å². The van der Waals surface area contributed by atoms with Gasteiger partial charge in [0, 0.05) is 31.5 Å². The molecule has 0 radical (unpaired) electrons. The van der Waals surface area contributed by atoms with E-state index in [-0.39, 0.29) is 16.9 Å². The molecular formula is C22H27N3O4S. The fourth-order valence-corrected chi connectivity index (χ4v) is 2.76. The molecule has 0 spiro atoms. The molecule has 0 saturated heterocycles. The smallest absolute Gasteiger partial charge is 0.261 e. The topological polar surface area (TPSA) is 88.7 Å². The highest BCUT2D eigenvalue weighted by atomic mass is 32.1. The number of methoxy groups -OCH3 is 1. The van der Waals surface area contributed by atoms with Crippen LogP contribution in [-0.4, -0.2) is 43.8 Å². The van der Waals surface area contributed by atoms with E-state index in [0.717, 1.165) is 12.8 Å². The molecule has 0 atom stereocenters. The zero-order valence-electron chi connectivity index (χ0n) is 17.2. The molecule has 30 heavy (non-hydrogen) atoms. The van der Waals surface area contributed by atoms with Gasteiger partial charge in [-0.1, -0.05) is 19.1 Å². The number of thiocarbonyl (C=S) groups is 1.